The molecule has 0 aliphatic carbocycles. The van der Waals surface area contributed by atoms with Crippen LogP contribution in [0.4, 0.5) is 11.4 Å². The van der Waals surface area contributed by atoms with E-state index in [1.54, 1.807) is 12.1 Å². The van der Waals surface area contributed by atoms with Crippen LogP contribution in [0, 0.1) is 10.1 Å². The molecule has 0 radical (unpaired) electrons. The summed E-state index contributed by atoms with van der Waals surface area (Å²) in [7, 11) is 0. The van der Waals surface area contributed by atoms with Gasteiger partial charge in [-0.15, -0.1) is 0 Å². The Labute approximate surface area is 127 Å². The van der Waals surface area contributed by atoms with E-state index in [4.69, 9.17) is 0 Å². The number of nitro groups is 1. The maximum absolute atomic E-state index is 12.7. The van der Waals surface area contributed by atoms with Gasteiger partial charge in [0, 0.05) is 18.2 Å². The second kappa shape index (κ2) is 5.57. The van der Waals surface area contributed by atoms with E-state index in [2.05, 4.69) is 5.43 Å². The Hall–Kier alpha value is -2.73. The van der Waals surface area contributed by atoms with E-state index < -0.39 is 4.92 Å². The predicted molar refractivity (Wildman–Crippen MR) is 82.4 cm³/mol. The largest absolute Gasteiger partial charge is 0.272 e. The van der Waals surface area contributed by atoms with Crippen LogP contribution in [-0.4, -0.2) is 16.9 Å². The summed E-state index contributed by atoms with van der Waals surface area (Å²) >= 11 is 0. The Morgan fingerprint density at radius 3 is 2.55 bits per heavy atom. The highest BCUT2D eigenvalue weighted by molar-refractivity contribution is 6.00. The molecular weight excluding hydrogens is 282 g/mol. The monoisotopic (exact) mass is 297 g/mol. The van der Waals surface area contributed by atoms with Crippen LogP contribution in [0.25, 0.3) is 0 Å². The third-order valence-corrected chi connectivity index (χ3v) is 3.78. The number of hydrogen-bond donors (Lipinski definition) is 1. The van der Waals surface area contributed by atoms with E-state index in [9.17, 15) is 14.9 Å². The van der Waals surface area contributed by atoms with Gasteiger partial charge in [-0.25, -0.2) is 10.4 Å². The normalized spacial score (nSPS) is 21.1. The average molecular weight is 297 g/mol. The summed E-state index contributed by atoms with van der Waals surface area (Å²) < 4.78 is 0. The number of nitrogens with one attached hydrogen (secondary N) is 1. The highest BCUT2D eigenvalue weighted by atomic mass is 16.6. The van der Waals surface area contributed by atoms with E-state index in [1.807, 2.05) is 37.3 Å². The minimum atomic E-state index is -0.470. The van der Waals surface area contributed by atoms with Crippen molar-refractivity contribution < 1.29 is 9.72 Å². The van der Waals surface area contributed by atoms with Crippen LogP contribution >= 0.6 is 0 Å². The van der Waals surface area contributed by atoms with Crippen LogP contribution in [0.5, 0.6) is 0 Å². The van der Waals surface area contributed by atoms with Crippen molar-refractivity contribution in [3.05, 3.63) is 70.3 Å². The van der Waals surface area contributed by atoms with Gasteiger partial charge in [-0.3, -0.25) is 14.9 Å². The molecular formula is C16H15N3O3. The maximum Gasteiger partial charge on any atom is 0.271 e. The van der Waals surface area contributed by atoms with Crippen molar-refractivity contribution >= 4 is 17.3 Å². The number of non-ortho nitro benzene ring substituents is 1. The number of carbonyl (C=O) groups excluding carboxylic acids is 1. The molecule has 2 unspecified atom stereocenters. The molecule has 2 atom stereocenters. The van der Waals surface area contributed by atoms with Crippen LogP contribution in [0.15, 0.2) is 54.6 Å². The van der Waals surface area contributed by atoms with Crippen molar-refractivity contribution in [2.75, 3.05) is 5.01 Å². The third-order valence-electron chi connectivity index (χ3n) is 3.78. The molecule has 1 heterocycles. The second-order valence-electron chi connectivity index (χ2n) is 5.26. The molecule has 1 aliphatic rings. The molecule has 0 bridgehead atoms. The van der Waals surface area contributed by atoms with Gasteiger partial charge in [0.1, 0.15) is 0 Å². The first-order valence-corrected chi connectivity index (χ1v) is 6.97. The molecule has 6 heteroatoms. The van der Waals surface area contributed by atoms with Crippen molar-refractivity contribution in [3.8, 4) is 0 Å². The van der Waals surface area contributed by atoms with Crippen molar-refractivity contribution in [1.82, 2.24) is 5.43 Å². The predicted octanol–water partition coefficient (Wildman–Crippen LogP) is 2.62. The zero-order chi connectivity index (χ0) is 15.7. The quantitative estimate of drug-likeness (QED) is 0.698. The Kier molecular flexibility index (Phi) is 3.60. The molecule has 1 N–H and O–H groups in total. The third kappa shape index (κ3) is 2.44. The van der Waals surface area contributed by atoms with Crippen molar-refractivity contribution in [2.24, 2.45) is 0 Å². The molecule has 112 valence electrons. The maximum atomic E-state index is 12.7. The Morgan fingerprint density at radius 1 is 1.14 bits per heavy atom. The number of carbonyl (C=O) groups is 1. The Bertz CT molecular complexity index is 718. The van der Waals surface area contributed by atoms with Gasteiger partial charge in [0.25, 0.3) is 11.6 Å². The lowest BCUT2D eigenvalue weighted by Gasteiger charge is -2.16. The zero-order valence-corrected chi connectivity index (χ0v) is 12.0. The van der Waals surface area contributed by atoms with E-state index in [0.717, 1.165) is 5.56 Å². The fraction of sp³-hybridized carbons (Fsp3) is 0.188. The smallest absolute Gasteiger partial charge is 0.271 e. The van der Waals surface area contributed by atoms with Gasteiger partial charge in [-0.2, -0.15) is 0 Å². The molecule has 0 spiro atoms. The van der Waals surface area contributed by atoms with Crippen LogP contribution in [0.1, 0.15) is 18.4 Å². The molecule has 2 aromatic carbocycles. The van der Waals surface area contributed by atoms with Gasteiger partial charge in [0.15, 0.2) is 0 Å². The first-order valence-electron chi connectivity index (χ1n) is 6.97. The van der Waals surface area contributed by atoms with Gasteiger partial charge < -0.3 is 0 Å². The van der Waals surface area contributed by atoms with Gasteiger partial charge in [0.2, 0.25) is 0 Å². The van der Waals surface area contributed by atoms with Crippen LogP contribution in [0.2, 0.25) is 0 Å². The van der Waals surface area contributed by atoms with E-state index >= 15 is 0 Å². The van der Waals surface area contributed by atoms with Gasteiger partial charge in [0.05, 0.1) is 16.5 Å². The lowest BCUT2D eigenvalue weighted by Crippen LogP contribution is -2.36. The zero-order valence-electron chi connectivity index (χ0n) is 12.0. The number of hydrazine groups is 1. The second-order valence-corrected chi connectivity index (χ2v) is 5.26. The number of amides is 1. The molecule has 1 amide bonds. The molecule has 1 saturated heterocycles. The molecule has 2 aromatic rings. The summed E-state index contributed by atoms with van der Waals surface area (Å²) in [6.07, 6.45) is 0. The summed E-state index contributed by atoms with van der Waals surface area (Å²) in [5, 5.41) is 12.3. The number of benzene rings is 2. The van der Waals surface area contributed by atoms with Gasteiger partial charge in [-0.05, 0) is 18.6 Å². The molecule has 3 rings (SSSR count). The van der Waals surface area contributed by atoms with Gasteiger partial charge >= 0.3 is 0 Å². The standard InChI is InChI=1S/C16H15N3O3/c1-11-15(12-6-3-2-4-7-12)16(20)18(17-11)13-8-5-9-14(10-13)19(21)22/h2-11,15,17H,1H3. The summed E-state index contributed by atoms with van der Waals surface area (Å²) in [5.41, 5.74) is 4.46. The molecule has 0 saturated carbocycles. The highest BCUT2D eigenvalue weighted by Gasteiger charge is 2.39. The van der Waals surface area contributed by atoms with Crippen LogP contribution in [0.3, 0.4) is 0 Å². The fourth-order valence-electron chi connectivity index (χ4n) is 2.73. The van der Waals surface area contributed by atoms with Gasteiger partial charge in [-0.1, -0.05) is 36.4 Å². The number of anilines is 1. The van der Waals surface area contributed by atoms with E-state index in [1.165, 1.54) is 17.1 Å². The molecule has 1 aliphatic heterocycles. The molecule has 22 heavy (non-hydrogen) atoms. The summed E-state index contributed by atoms with van der Waals surface area (Å²) in [6, 6.07) is 15.5. The van der Waals surface area contributed by atoms with E-state index in [0.29, 0.717) is 5.69 Å². The number of nitro benzene ring substituents is 1. The Balaban J connectivity index is 1.93. The number of rotatable bonds is 3. The topological polar surface area (TPSA) is 75.5 Å². The van der Waals surface area contributed by atoms with Crippen molar-refractivity contribution in [3.63, 3.8) is 0 Å². The average Bonchev–Trinajstić information content (AvgIpc) is 2.83. The first kappa shape index (κ1) is 14.2. The number of nitrogens with zero attached hydrogens (tertiary/aromatic N) is 2. The lowest BCUT2D eigenvalue weighted by molar-refractivity contribution is -0.384. The fourth-order valence-corrected chi connectivity index (χ4v) is 2.73. The minimum Gasteiger partial charge on any atom is -0.272 e. The van der Waals surface area contributed by atoms with Crippen LogP contribution in [-0.2, 0) is 4.79 Å². The summed E-state index contributed by atoms with van der Waals surface area (Å²) in [4.78, 5) is 23.1. The van der Waals surface area contributed by atoms with Crippen LogP contribution < -0.4 is 10.4 Å². The SMILES string of the molecule is CC1NN(c2cccc([N+](=O)[O-])c2)C(=O)C1c1ccccc1. The van der Waals surface area contributed by atoms with Crippen molar-refractivity contribution in [1.29, 1.82) is 0 Å². The number of hydrogen-bond acceptors (Lipinski definition) is 4. The summed E-state index contributed by atoms with van der Waals surface area (Å²) in [5.74, 6) is -0.417. The first-order chi connectivity index (χ1) is 10.6. The minimum absolute atomic E-state index is 0.0390. The molecule has 1 fully saturated rings. The van der Waals surface area contributed by atoms with E-state index in [-0.39, 0.29) is 23.6 Å². The molecule has 6 nitrogen and oxygen atoms in total. The highest BCUT2D eigenvalue weighted by Crippen LogP contribution is 2.31. The van der Waals surface area contributed by atoms with Crippen molar-refractivity contribution in [2.45, 2.75) is 18.9 Å². The molecule has 0 aromatic heterocycles. The lowest BCUT2D eigenvalue weighted by atomic mass is 9.93. The summed E-state index contributed by atoms with van der Waals surface area (Å²) in [6.45, 7) is 1.92. The Morgan fingerprint density at radius 2 is 1.86 bits per heavy atom.